The van der Waals surface area contributed by atoms with Crippen molar-refractivity contribution in [3.63, 3.8) is 0 Å². The lowest BCUT2D eigenvalue weighted by Crippen LogP contribution is -2.32. The third-order valence-electron chi connectivity index (χ3n) is 5.41. The Hall–Kier alpha value is -2.66. The molecule has 1 atom stereocenters. The van der Waals surface area contributed by atoms with Crippen molar-refractivity contribution in [3.05, 3.63) is 70.2 Å². The first-order chi connectivity index (χ1) is 18.0. The van der Waals surface area contributed by atoms with Crippen LogP contribution in [0.25, 0.3) is 10.8 Å². The lowest BCUT2D eigenvalue weighted by atomic mass is 9.98. The summed E-state index contributed by atoms with van der Waals surface area (Å²) in [6.45, 7) is 3.91. The number of sulfonamides is 1. The van der Waals surface area contributed by atoms with Crippen LogP contribution in [-0.2, 0) is 28.6 Å². The normalized spacial score (nSPS) is 13.5. The summed E-state index contributed by atoms with van der Waals surface area (Å²) < 4.78 is 51.0. The molecule has 1 amide bonds. The third-order valence-corrected chi connectivity index (χ3v) is 8.94. The summed E-state index contributed by atoms with van der Waals surface area (Å²) >= 11 is 12.1. The summed E-state index contributed by atoms with van der Waals surface area (Å²) in [5, 5.41) is 3.63. The smallest absolute Gasteiger partial charge is 0.351 e. The van der Waals surface area contributed by atoms with Gasteiger partial charge < -0.3 is 14.9 Å². The lowest BCUT2D eigenvalue weighted by Gasteiger charge is -2.27. The number of fused-ring (bicyclic) bond motifs is 1. The Bertz CT molecular complexity index is 1550. The van der Waals surface area contributed by atoms with Gasteiger partial charge in [0.05, 0.1) is 16.0 Å². The van der Waals surface area contributed by atoms with Gasteiger partial charge in [0, 0.05) is 22.7 Å². The number of rotatable bonds is 9. The van der Waals surface area contributed by atoms with Gasteiger partial charge >= 0.3 is 13.6 Å². The van der Waals surface area contributed by atoms with Gasteiger partial charge in [-0.15, -0.1) is 0 Å². The lowest BCUT2D eigenvalue weighted by molar-refractivity contribution is -0.159. The average Bonchev–Trinajstić information content (AvgIpc) is 2.84. The molecule has 210 valence electrons. The molecule has 2 N–H and O–H groups in total. The Kier molecular flexibility index (Phi) is 9.37. The highest BCUT2D eigenvalue weighted by Gasteiger charge is 2.34. The van der Waals surface area contributed by atoms with Crippen LogP contribution in [0.5, 0.6) is 0 Å². The van der Waals surface area contributed by atoms with Crippen LogP contribution in [-0.4, -0.2) is 45.3 Å². The van der Waals surface area contributed by atoms with Crippen LogP contribution < -0.4 is 9.62 Å². The van der Waals surface area contributed by atoms with Crippen molar-refractivity contribution in [1.82, 2.24) is 5.32 Å². The standard InChI is InChI=1S/C25H27Cl2N2O8PS/c1-25(2,3)24(31)36-15-37-38(32,33)14-29(39(34,35)20-12-17(26)11-18(27)13-20)19-8-9-21-16(10-19)6-5-7-22(21)23(30)28-4/h5-13H,14-15H2,1-4H3,(H,28,30)(H,32,33). The summed E-state index contributed by atoms with van der Waals surface area (Å²) in [5.74, 6) is -1.02. The highest BCUT2D eigenvalue weighted by Crippen LogP contribution is 2.45. The van der Waals surface area contributed by atoms with Crippen LogP contribution in [0.1, 0.15) is 31.1 Å². The zero-order valence-corrected chi connectivity index (χ0v) is 24.7. The summed E-state index contributed by atoms with van der Waals surface area (Å²) in [6, 6.07) is 12.9. The highest BCUT2D eigenvalue weighted by atomic mass is 35.5. The molecule has 0 aliphatic rings. The summed E-state index contributed by atoms with van der Waals surface area (Å²) in [7, 11) is -7.76. The molecule has 3 aromatic rings. The Balaban J connectivity index is 2.06. The van der Waals surface area contributed by atoms with E-state index in [1.54, 1.807) is 39.0 Å². The predicted octanol–water partition coefficient (Wildman–Crippen LogP) is 5.41. The third kappa shape index (κ3) is 7.51. The Labute approximate surface area is 236 Å². The molecule has 0 fully saturated rings. The zero-order chi connectivity index (χ0) is 29.2. The van der Waals surface area contributed by atoms with E-state index in [1.807, 2.05) is 0 Å². The molecule has 0 saturated carbocycles. The number of esters is 1. The van der Waals surface area contributed by atoms with Crippen molar-refractivity contribution in [3.8, 4) is 0 Å². The molecule has 0 aliphatic heterocycles. The largest absolute Gasteiger partial charge is 0.438 e. The maximum atomic E-state index is 13.8. The summed E-state index contributed by atoms with van der Waals surface area (Å²) in [6.07, 6.45) is -1.03. The monoisotopic (exact) mass is 616 g/mol. The Morgan fingerprint density at radius 1 is 1.05 bits per heavy atom. The topological polar surface area (TPSA) is 139 Å². The van der Waals surface area contributed by atoms with Crippen molar-refractivity contribution >= 4 is 69.2 Å². The molecule has 0 spiro atoms. The van der Waals surface area contributed by atoms with E-state index in [4.69, 9.17) is 32.5 Å². The van der Waals surface area contributed by atoms with E-state index in [-0.39, 0.29) is 26.5 Å². The summed E-state index contributed by atoms with van der Waals surface area (Å²) in [5.41, 5.74) is -0.533. The van der Waals surface area contributed by atoms with Gasteiger partial charge in [0.1, 0.15) is 6.29 Å². The van der Waals surface area contributed by atoms with E-state index in [2.05, 4.69) is 5.32 Å². The molecule has 0 radical (unpaired) electrons. The number of benzene rings is 3. The molecule has 0 aromatic heterocycles. The van der Waals surface area contributed by atoms with E-state index in [0.717, 1.165) is 12.1 Å². The van der Waals surface area contributed by atoms with Gasteiger partial charge in [-0.2, -0.15) is 0 Å². The number of hydrogen-bond donors (Lipinski definition) is 2. The fraction of sp³-hybridized carbons (Fsp3) is 0.280. The van der Waals surface area contributed by atoms with E-state index in [1.165, 1.54) is 31.3 Å². The minimum Gasteiger partial charge on any atom is -0.438 e. The van der Waals surface area contributed by atoms with Crippen molar-refractivity contribution < 1.29 is 36.7 Å². The molecule has 14 heteroatoms. The van der Waals surface area contributed by atoms with Crippen molar-refractivity contribution in [2.24, 2.45) is 5.41 Å². The van der Waals surface area contributed by atoms with Gasteiger partial charge in [-0.05, 0) is 67.9 Å². The van der Waals surface area contributed by atoms with Crippen LogP contribution in [0.15, 0.2) is 59.5 Å². The average molecular weight is 617 g/mol. The van der Waals surface area contributed by atoms with Crippen LogP contribution in [0.2, 0.25) is 10.0 Å². The second kappa shape index (κ2) is 11.8. The number of halogens is 2. The fourth-order valence-corrected chi connectivity index (χ4v) is 7.13. The molecule has 0 bridgehead atoms. The van der Waals surface area contributed by atoms with Crippen molar-refractivity contribution in [2.75, 3.05) is 24.4 Å². The van der Waals surface area contributed by atoms with Crippen LogP contribution in [0, 0.1) is 5.41 Å². The molecule has 0 saturated heterocycles. The molecule has 39 heavy (non-hydrogen) atoms. The first-order valence-electron chi connectivity index (χ1n) is 11.4. The molecule has 3 aromatic carbocycles. The van der Waals surface area contributed by atoms with Gasteiger partial charge in [0.25, 0.3) is 15.9 Å². The maximum absolute atomic E-state index is 13.8. The van der Waals surface area contributed by atoms with E-state index in [0.29, 0.717) is 20.6 Å². The SMILES string of the molecule is CNC(=O)c1cccc2cc(N(CP(=O)(O)OCOC(=O)C(C)(C)C)S(=O)(=O)c3cc(Cl)cc(Cl)c3)ccc12. The quantitative estimate of drug-likeness (QED) is 0.185. The first-order valence-corrected chi connectivity index (χ1v) is 15.4. The number of carbonyl (C=O) groups is 2. The summed E-state index contributed by atoms with van der Waals surface area (Å²) in [4.78, 5) is 34.5. The van der Waals surface area contributed by atoms with Crippen LogP contribution >= 0.6 is 30.8 Å². The minimum absolute atomic E-state index is 0.00258. The molecule has 0 heterocycles. The number of nitrogens with one attached hydrogen (secondary N) is 1. The van der Waals surface area contributed by atoms with Gasteiger partial charge in [-0.1, -0.05) is 41.4 Å². The second-order valence-electron chi connectivity index (χ2n) is 9.46. The molecule has 3 rings (SSSR count). The van der Waals surface area contributed by atoms with E-state index >= 15 is 0 Å². The van der Waals surface area contributed by atoms with Gasteiger partial charge in [0.2, 0.25) is 6.79 Å². The second-order valence-corrected chi connectivity index (χ2v) is 14.0. The number of carbonyl (C=O) groups excluding carboxylic acids is 2. The van der Waals surface area contributed by atoms with Gasteiger partial charge in [-0.3, -0.25) is 23.0 Å². The molecule has 0 aliphatic carbocycles. The van der Waals surface area contributed by atoms with E-state index in [9.17, 15) is 27.5 Å². The van der Waals surface area contributed by atoms with Gasteiger partial charge in [0.15, 0.2) is 0 Å². The minimum atomic E-state index is -4.71. The number of amides is 1. The fourth-order valence-electron chi connectivity index (χ4n) is 3.44. The Morgan fingerprint density at radius 2 is 1.69 bits per heavy atom. The first kappa shape index (κ1) is 30.9. The predicted molar refractivity (Wildman–Crippen MR) is 150 cm³/mol. The number of anilines is 1. The van der Waals surface area contributed by atoms with Gasteiger partial charge in [-0.25, -0.2) is 8.42 Å². The highest BCUT2D eigenvalue weighted by molar-refractivity contribution is 7.93. The van der Waals surface area contributed by atoms with Crippen LogP contribution in [0.4, 0.5) is 5.69 Å². The molecular weight excluding hydrogens is 590 g/mol. The number of ether oxygens (including phenoxy) is 1. The number of hydrogen-bond acceptors (Lipinski definition) is 7. The molecular formula is C25H27Cl2N2O8PS. The van der Waals surface area contributed by atoms with Crippen molar-refractivity contribution in [2.45, 2.75) is 25.7 Å². The molecule has 10 nitrogen and oxygen atoms in total. The zero-order valence-electron chi connectivity index (χ0n) is 21.5. The van der Waals surface area contributed by atoms with Crippen LogP contribution in [0.3, 0.4) is 0 Å². The van der Waals surface area contributed by atoms with E-state index < -0.39 is 42.1 Å². The Morgan fingerprint density at radius 3 is 2.28 bits per heavy atom. The van der Waals surface area contributed by atoms with Crippen molar-refractivity contribution in [1.29, 1.82) is 0 Å². The molecule has 1 unspecified atom stereocenters. The number of nitrogens with zero attached hydrogens (tertiary/aromatic N) is 1. The maximum Gasteiger partial charge on any atom is 0.351 e.